The molecule has 2 aromatic rings. The molecule has 5 nitrogen and oxygen atoms in total. The summed E-state index contributed by atoms with van der Waals surface area (Å²) in [7, 11) is 2.14. The number of hydrazone groups is 1. The fraction of sp³-hybridized carbons (Fsp3) is 0.364. The van der Waals surface area contributed by atoms with Crippen LogP contribution in [-0.4, -0.2) is 29.8 Å². The van der Waals surface area contributed by atoms with Gasteiger partial charge in [-0.1, -0.05) is 19.1 Å². The number of phenolic OH excluding ortho intramolecular Hbond substituents is 1. The third kappa shape index (κ3) is 3.68. The van der Waals surface area contributed by atoms with E-state index in [9.17, 15) is 9.90 Å². The summed E-state index contributed by atoms with van der Waals surface area (Å²) in [6.07, 6.45) is 2.75. The summed E-state index contributed by atoms with van der Waals surface area (Å²) < 4.78 is 0. The molecule has 0 fully saturated rings. The van der Waals surface area contributed by atoms with Gasteiger partial charge in [0.2, 0.25) is 0 Å². The lowest BCUT2D eigenvalue weighted by Gasteiger charge is -2.45. The summed E-state index contributed by atoms with van der Waals surface area (Å²) >= 11 is 0. The molecule has 0 radical (unpaired) electrons. The van der Waals surface area contributed by atoms with Crippen LogP contribution in [0, 0.1) is 6.92 Å². The Kier molecular flexibility index (Phi) is 4.96. The summed E-state index contributed by atoms with van der Waals surface area (Å²) in [5.41, 5.74) is 7.46. The van der Waals surface area contributed by atoms with E-state index in [-0.39, 0.29) is 16.9 Å². The number of phenols is 1. The Bertz CT molecular complexity index is 902. The first-order valence-electron chi connectivity index (χ1n) is 9.20. The third-order valence-corrected chi connectivity index (χ3v) is 5.54. The highest BCUT2D eigenvalue weighted by molar-refractivity contribution is 5.97. The van der Waals surface area contributed by atoms with Crippen molar-refractivity contribution in [1.29, 1.82) is 0 Å². The van der Waals surface area contributed by atoms with Gasteiger partial charge in [-0.2, -0.15) is 5.10 Å². The van der Waals surface area contributed by atoms with Crippen molar-refractivity contribution < 1.29 is 9.90 Å². The van der Waals surface area contributed by atoms with Gasteiger partial charge in [0.1, 0.15) is 5.75 Å². The molecule has 1 aliphatic rings. The van der Waals surface area contributed by atoms with E-state index >= 15 is 0 Å². The quantitative estimate of drug-likeness (QED) is 0.633. The number of hydrogen-bond acceptors (Lipinski definition) is 4. The van der Waals surface area contributed by atoms with Crippen molar-refractivity contribution in [1.82, 2.24) is 5.43 Å². The van der Waals surface area contributed by atoms with Crippen molar-refractivity contribution in [3.05, 3.63) is 58.7 Å². The topological polar surface area (TPSA) is 64.9 Å². The van der Waals surface area contributed by atoms with Gasteiger partial charge in [-0.05, 0) is 74.1 Å². The highest BCUT2D eigenvalue weighted by Crippen LogP contribution is 2.43. The maximum Gasteiger partial charge on any atom is 0.275 e. The Morgan fingerprint density at radius 2 is 2.04 bits per heavy atom. The van der Waals surface area contributed by atoms with E-state index in [1.54, 1.807) is 24.4 Å². The molecule has 2 aromatic carbocycles. The molecule has 27 heavy (non-hydrogen) atoms. The number of hydrogen-bond donors (Lipinski definition) is 2. The summed E-state index contributed by atoms with van der Waals surface area (Å²) in [5.74, 6) is -0.0424. The molecule has 0 spiro atoms. The second-order valence-corrected chi connectivity index (χ2v) is 7.96. The average molecular weight is 365 g/mol. The van der Waals surface area contributed by atoms with Gasteiger partial charge in [0.05, 0.1) is 11.8 Å². The molecular weight excluding hydrogens is 338 g/mol. The largest absolute Gasteiger partial charge is 0.507 e. The molecule has 5 heteroatoms. The molecule has 2 N–H and O–H groups in total. The minimum absolute atomic E-state index is 0.0605. The number of nitrogens with zero attached hydrogens (tertiary/aromatic N) is 2. The van der Waals surface area contributed by atoms with E-state index in [0.717, 1.165) is 17.5 Å². The summed E-state index contributed by atoms with van der Waals surface area (Å²) in [6, 6.07) is 10.8. The van der Waals surface area contributed by atoms with Crippen molar-refractivity contribution in [2.45, 2.75) is 45.6 Å². The first-order chi connectivity index (χ1) is 12.7. The minimum atomic E-state index is -0.435. The van der Waals surface area contributed by atoms with Crippen molar-refractivity contribution in [2.24, 2.45) is 5.10 Å². The molecule has 142 valence electrons. The highest BCUT2D eigenvalue weighted by atomic mass is 16.3. The van der Waals surface area contributed by atoms with Gasteiger partial charge in [-0.15, -0.1) is 0 Å². The van der Waals surface area contributed by atoms with Crippen LogP contribution in [0.3, 0.4) is 0 Å². The molecule has 1 atom stereocenters. The van der Waals surface area contributed by atoms with Crippen LogP contribution < -0.4 is 10.3 Å². The third-order valence-electron chi connectivity index (χ3n) is 5.54. The molecule has 0 bridgehead atoms. The average Bonchev–Trinajstić information content (AvgIpc) is 2.60. The van der Waals surface area contributed by atoms with Crippen molar-refractivity contribution in [3.8, 4) is 5.75 Å². The first-order valence-corrected chi connectivity index (χ1v) is 9.20. The zero-order valence-corrected chi connectivity index (χ0v) is 16.6. The number of carbonyl (C=O) groups is 1. The number of anilines is 1. The van der Waals surface area contributed by atoms with Crippen LogP contribution in [0.5, 0.6) is 5.75 Å². The Labute approximate surface area is 160 Å². The van der Waals surface area contributed by atoms with Gasteiger partial charge in [0.25, 0.3) is 5.91 Å². The van der Waals surface area contributed by atoms with E-state index in [0.29, 0.717) is 5.92 Å². The lowest BCUT2D eigenvalue weighted by Crippen LogP contribution is -2.45. The van der Waals surface area contributed by atoms with E-state index < -0.39 is 5.91 Å². The van der Waals surface area contributed by atoms with Crippen LogP contribution in [0.1, 0.15) is 60.2 Å². The fourth-order valence-corrected chi connectivity index (χ4v) is 3.76. The van der Waals surface area contributed by atoms with E-state index in [4.69, 9.17) is 0 Å². The Balaban J connectivity index is 1.82. The molecule has 1 aliphatic heterocycles. The number of aromatic hydroxyl groups is 1. The van der Waals surface area contributed by atoms with Gasteiger partial charge in [0.15, 0.2) is 0 Å². The Morgan fingerprint density at radius 3 is 2.74 bits per heavy atom. The first kappa shape index (κ1) is 19.0. The molecule has 0 aliphatic carbocycles. The van der Waals surface area contributed by atoms with E-state index in [2.05, 4.69) is 55.4 Å². The van der Waals surface area contributed by atoms with Crippen molar-refractivity contribution in [3.63, 3.8) is 0 Å². The number of benzene rings is 2. The Hall–Kier alpha value is -2.82. The standard InChI is InChI=1S/C22H27N3O2/c1-14-10-19-18(15(2)12-22(3,4)25(19)5)11-16(14)13-23-24-21(27)17-8-6-7-9-20(17)26/h6-11,13,15,26H,12H2,1-5H3,(H,24,27)/b23-13+. The smallest absolute Gasteiger partial charge is 0.275 e. The predicted molar refractivity (Wildman–Crippen MR) is 110 cm³/mol. The van der Waals surface area contributed by atoms with Gasteiger partial charge >= 0.3 is 0 Å². The number of nitrogens with one attached hydrogen (secondary N) is 1. The van der Waals surface area contributed by atoms with Gasteiger partial charge < -0.3 is 10.0 Å². The lowest BCUT2D eigenvalue weighted by molar-refractivity contribution is 0.0952. The SMILES string of the molecule is Cc1cc2c(cc1/C=N/NC(=O)c1ccccc1O)C(C)CC(C)(C)N2C. The second-order valence-electron chi connectivity index (χ2n) is 7.96. The van der Waals surface area contributed by atoms with Crippen LogP contribution in [0.25, 0.3) is 0 Å². The van der Waals surface area contributed by atoms with Gasteiger partial charge in [-0.3, -0.25) is 4.79 Å². The second kappa shape index (κ2) is 7.06. The number of para-hydroxylation sites is 1. The van der Waals surface area contributed by atoms with Crippen molar-refractivity contribution in [2.75, 3.05) is 11.9 Å². The van der Waals surface area contributed by atoms with Gasteiger partial charge in [-0.25, -0.2) is 5.43 Å². The fourth-order valence-electron chi connectivity index (χ4n) is 3.76. The maximum atomic E-state index is 12.1. The zero-order chi connectivity index (χ0) is 19.8. The lowest BCUT2D eigenvalue weighted by atomic mass is 9.79. The monoisotopic (exact) mass is 365 g/mol. The normalized spacial score (nSPS) is 18.4. The van der Waals surface area contributed by atoms with Crippen LogP contribution in [0.2, 0.25) is 0 Å². The minimum Gasteiger partial charge on any atom is -0.507 e. The molecular formula is C22H27N3O2. The summed E-state index contributed by atoms with van der Waals surface area (Å²) in [4.78, 5) is 14.5. The van der Waals surface area contributed by atoms with E-state index in [1.165, 1.54) is 17.3 Å². The zero-order valence-electron chi connectivity index (χ0n) is 16.6. The van der Waals surface area contributed by atoms with Crippen LogP contribution in [0.4, 0.5) is 5.69 Å². The molecule has 1 amide bonds. The van der Waals surface area contributed by atoms with Crippen LogP contribution in [0.15, 0.2) is 41.5 Å². The highest BCUT2D eigenvalue weighted by Gasteiger charge is 2.34. The predicted octanol–water partition coefficient (Wildman–Crippen LogP) is 4.19. The maximum absolute atomic E-state index is 12.1. The summed E-state index contributed by atoms with van der Waals surface area (Å²) in [6.45, 7) is 8.84. The molecule has 1 unspecified atom stereocenters. The number of fused-ring (bicyclic) bond motifs is 1. The molecule has 1 heterocycles. The molecule has 3 rings (SSSR count). The van der Waals surface area contributed by atoms with Gasteiger partial charge in [0, 0.05) is 18.3 Å². The van der Waals surface area contributed by atoms with Crippen LogP contribution >= 0.6 is 0 Å². The molecule has 0 saturated heterocycles. The molecule has 0 saturated carbocycles. The number of aryl methyl sites for hydroxylation is 1. The van der Waals surface area contributed by atoms with Crippen molar-refractivity contribution >= 4 is 17.8 Å². The number of amides is 1. The van der Waals surface area contributed by atoms with E-state index in [1.807, 2.05) is 6.92 Å². The summed E-state index contributed by atoms with van der Waals surface area (Å²) in [5, 5.41) is 13.8. The number of rotatable bonds is 3. The van der Waals surface area contributed by atoms with Crippen LogP contribution in [-0.2, 0) is 0 Å². The molecule has 0 aromatic heterocycles. The number of carbonyl (C=O) groups excluding carboxylic acids is 1. The Morgan fingerprint density at radius 1 is 1.33 bits per heavy atom.